The van der Waals surface area contributed by atoms with Crippen molar-refractivity contribution in [1.29, 1.82) is 0 Å². The van der Waals surface area contributed by atoms with Gasteiger partial charge in [-0.1, -0.05) is 78.5 Å². The van der Waals surface area contributed by atoms with E-state index in [4.69, 9.17) is 0 Å². The Morgan fingerprint density at radius 2 is 1.26 bits per heavy atom. The zero-order chi connectivity index (χ0) is 23.1. The predicted octanol–water partition coefficient (Wildman–Crippen LogP) is 8.40. The summed E-state index contributed by atoms with van der Waals surface area (Å²) >= 11 is 1.82. The van der Waals surface area contributed by atoms with E-state index in [9.17, 15) is 4.79 Å². The summed E-state index contributed by atoms with van der Waals surface area (Å²) in [6.45, 7) is 0. The number of para-hydroxylation sites is 2. The maximum absolute atomic E-state index is 13.4. The average molecular weight is 466 g/mol. The van der Waals surface area contributed by atoms with Gasteiger partial charge in [0.05, 0.1) is 11.4 Å². The zero-order valence-corrected chi connectivity index (χ0v) is 19.6. The van der Waals surface area contributed by atoms with Crippen LogP contribution in [0.15, 0.2) is 113 Å². The lowest BCUT2D eigenvalue weighted by atomic mass is 9.96. The number of hydrogen-bond donors (Lipinski definition) is 0. The number of ketones is 1. The van der Waals surface area contributed by atoms with Gasteiger partial charge in [-0.25, -0.2) is 0 Å². The van der Waals surface area contributed by atoms with Crippen molar-refractivity contribution in [1.82, 2.24) is 0 Å². The molecular weight excluding hydrogens is 446 g/mol. The minimum absolute atomic E-state index is 0.163. The van der Waals surface area contributed by atoms with E-state index in [1.165, 1.54) is 43.4 Å². The normalized spacial score (nSPS) is 14.1. The highest BCUT2D eigenvalue weighted by Gasteiger charge is 2.34. The fourth-order valence-electron chi connectivity index (χ4n) is 5.90. The molecule has 3 aliphatic rings. The highest BCUT2D eigenvalue weighted by molar-refractivity contribution is 7.99. The quantitative estimate of drug-likeness (QED) is 0.243. The first-order chi connectivity index (χ1) is 17.3. The molecule has 1 aliphatic heterocycles. The minimum Gasteiger partial charge on any atom is -0.308 e. The van der Waals surface area contributed by atoms with Gasteiger partial charge < -0.3 is 4.90 Å². The molecular formula is C32H19NOS. The number of carbonyl (C=O) groups is 1. The van der Waals surface area contributed by atoms with Crippen LogP contribution in [-0.4, -0.2) is 5.78 Å². The van der Waals surface area contributed by atoms with E-state index >= 15 is 0 Å². The van der Waals surface area contributed by atoms with Crippen LogP contribution in [-0.2, 0) is 6.42 Å². The highest BCUT2D eigenvalue weighted by Crippen LogP contribution is 2.53. The molecule has 164 valence electrons. The Hall–Kier alpha value is -4.08. The Labute approximate surface area is 207 Å². The molecule has 5 aromatic rings. The van der Waals surface area contributed by atoms with Gasteiger partial charge >= 0.3 is 0 Å². The monoisotopic (exact) mass is 465 g/mol. The van der Waals surface area contributed by atoms with Crippen LogP contribution in [0.2, 0.25) is 0 Å². The first kappa shape index (κ1) is 19.2. The van der Waals surface area contributed by atoms with Crippen LogP contribution in [0.25, 0.3) is 22.3 Å². The van der Waals surface area contributed by atoms with Gasteiger partial charge in [0, 0.05) is 26.6 Å². The molecule has 0 unspecified atom stereocenters. The molecule has 0 aromatic heterocycles. The van der Waals surface area contributed by atoms with Crippen LogP contribution in [0.5, 0.6) is 0 Å². The Morgan fingerprint density at radius 3 is 2.03 bits per heavy atom. The van der Waals surface area contributed by atoms with Gasteiger partial charge in [-0.15, -0.1) is 0 Å². The lowest BCUT2D eigenvalue weighted by Crippen LogP contribution is -2.14. The Kier molecular flexibility index (Phi) is 3.83. The van der Waals surface area contributed by atoms with Crippen LogP contribution in [0, 0.1) is 0 Å². The molecule has 8 rings (SSSR count). The molecule has 0 saturated heterocycles. The van der Waals surface area contributed by atoms with Gasteiger partial charge in [-0.05, 0) is 76.2 Å². The van der Waals surface area contributed by atoms with E-state index in [-0.39, 0.29) is 5.78 Å². The van der Waals surface area contributed by atoms with Crippen molar-refractivity contribution in [2.24, 2.45) is 0 Å². The third kappa shape index (κ3) is 2.59. The van der Waals surface area contributed by atoms with Gasteiger partial charge in [0.15, 0.2) is 5.78 Å². The second kappa shape index (κ2) is 6.97. The molecule has 2 aliphatic carbocycles. The molecule has 0 fully saturated rings. The highest BCUT2D eigenvalue weighted by atomic mass is 32.2. The molecule has 0 bridgehead atoms. The topological polar surface area (TPSA) is 20.3 Å². The van der Waals surface area contributed by atoms with Crippen molar-refractivity contribution in [3.05, 3.63) is 125 Å². The first-order valence-electron chi connectivity index (χ1n) is 11.9. The average Bonchev–Trinajstić information content (AvgIpc) is 3.42. The minimum atomic E-state index is 0.163. The summed E-state index contributed by atoms with van der Waals surface area (Å²) in [7, 11) is 0. The lowest BCUT2D eigenvalue weighted by molar-refractivity contribution is 0.104. The zero-order valence-electron chi connectivity index (χ0n) is 18.8. The van der Waals surface area contributed by atoms with Crippen LogP contribution in [0.4, 0.5) is 17.1 Å². The van der Waals surface area contributed by atoms with E-state index in [2.05, 4.69) is 89.8 Å². The van der Waals surface area contributed by atoms with Crippen LogP contribution < -0.4 is 4.90 Å². The van der Waals surface area contributed by atoms with Crippen LogP contribution in [0.3, 0.4) is 0 Å². The summed E-state index contributed by atoms with van der Waals surface area (Å²) in [6.07, 6.45) is 0.802. The van der Waals surface area contributed by atoms with E-state index in [0.29, 0.717) is 0 Å². The maximum atomic E-state index is 13.4. The van der Waals surface area contributed by atoms with Crippen molar-refractivity contribution in [2.75, 3.05) is 4.90 Å². The van der Waals surface area contributed by atoms with Crippen LogP contribution in [0.1, 0.15) is 27.0 Å². The molecule has 0 N–H and O–H groups in total. The molecule has 2 nitrogen and oxygen atoms in total. The van der Waals surface area contributed by atoms with Crippen molar-refractivity contribution in [3.63, 3.8) is 0 Å². The Morgan fingerprint density at radius 1 is 0.600 bits per heavy atom. The summed E-state index contributed by atoms with van der Waals surface area (Å²) in [5, 5.41) is 0. The van der Waals surface area contributed by atoms with Gasteiger partial charge in [0.25, 0.3) is 0 Å². The molecule has 3 heteroatoms. The Bertz CT molecular complexity index is 1690. The fourth-order valence-corrected chi connectivity index (χ4v) is 6.96. The predicted molar refractivity (Wildman–Crippen MR) is 142 cm³/mol. The van der Waals surface area contributed by atoms with Gasteiger partial charge in [0.1, 0.15) is 0 Å². The summed E-state index contributed by atoms with van der Waals surface area (Å²) in [5.41, 5.74) is 12.3. The van der Waals surface area contributed by atoms with Crippen molar-refractivity contribution >= 4 is 34.6 Å². The van der Waals surface area contributed by atoms with E-state index in [0.717, 1.165) is 34.4 Å². The molecule has 0 amide bonds. The third-order valence-electron chi connectivity index (χ3n) is 7.44. The molecule has 0 atom stereocenters. The molecule has 35 heavy (non-hydrogen) atoms. The summed E-state index contributed by atoms with van der Waals surface area (Å²) in [4.78, 5) is 18.3. The maximum Gasteiger partial charge on any atom is 0.194 e. The number of hydrogen-bond acceptors (Lipinski definition) is 3. The first-order valence-corrected chi connectivity index (χ1v) is 12.7. The lowest BCUT2D eigenvalue weighted by Gasteiger charge is -2.33. The summed E-state index contributed by atoms with van der Waals surface area (Å²) in [5.74, 6) is 0.163. The molecule has 0 spiro atoms. The van der Waals surface area contributed by atoms with E-state index < -0.39 is 0 Å². The number of anilines is 3. The van der Waals surface area contributed by atoms with Crippen molar-refractivity contribution < 1.29 is 4.79 Å². The van der Waals surface area contributed by atoms with Gasteiger partial charge in [-0.3, -0.25) is 4.79 Å². The number of nitrogens with zero attached hydrogens (tertiary/aromatic N) is 1. The van der Waals surface area contributed by atoms with Crippen LogP contribution >= 0.6 is 11.8 Å². The van der Waals surface area contributed by atoms with E-state index in [1.807, 2.05) is 30.0 Å². The molecule has 5 aromatic carbocycles. The van der Waals surface area contributed by atoms with Crippen molar-refractivity contribution in [3.8, 4) is 22.3 Å². The number of carbonyl (C=O) groups excluding carboxylic acids is 1. The third-order valence-corrected chi connectivity index (χ3v) is 8.57. The number of benzene rings is 5. The summed E-state index contributed by atoms with van der Waals surface area (Å²) in [6, 6.07) is 36.3. The van der Waals surface area contributed by atoms with E-state index in [1.54, 1.807) is 0 Å². The van der Waals surface area contributed by atoms with Gasteiger partial charge in [-0.2, -0.15) is 0 Å². The smallest absolute Gasteiger partial charge is 0.194 e. The van der Waals surface area contributed by atoms with Crippen molar-refractivity contribution in [2.45, 2.75) is 16.2 Å². The fraction of sp³-hybridized carbons (Fsp3) is 0.0312. The molecule has 0 saturated carbocycles. The Balaban J connectivity index is 1.30. The molecule has 0 radical (unpaired) electrons. The number of rotatable bonds is 1. The standard InChI is InChI=1S/C32H19NOS/c34-32-24-8-2-1-7-21(24)23-16-15-22-25-18-20(14-13-19(25)17-26(22)31(23)32)33-27-9-3-5-11-29(27)35-30-12-6-4-10-28(30)33/h1-16,18H,17H2. The summed E-state index contributed by atoms with van der Waals surface area (Å²) < 4.78 is 0. The second-order valence-electron chi connectivity index (χ2n) is 9.28. The number of fused-ring (bicyclic) bond motifs is 9. The largest absolute Gasteiger partial charge is 0.308 e. The van der Waals surface area contributed by atoms with Gasteiger partial charge in [0.2, 0.25) is 0 Å². The SMILES string of the molecule is O=C1c2ccccc2-c2ccc3c(c21)Cc1ccc(N2c4ccccc4Sc4ccccc42)cc1-3. The second-order valence-corrected chi connectivity index (χ2v) is 10.4. The molecule has 1 heterocycles.